The SMILES string of the molecule is C=C(/C(O)=C\C(=C/C)NC1=C(C)CC(=O)C1=O)N1CCN(C2CCN(Cc3ccc(C)cc3C(=O)NC)CC2)C(CC)C1.CCCO. The van der Waals surface area contributed by atoms with E-state index in [-0.39, 0.29) is 18.1 Å². The van der Waals surface area contributed by atoms with Crippen LogP contribution in [0.3, 0.4) is 0 Å². The molecule has 2 aliphatic heterocycles. The van der Waals surface area contributed by atoms with Crippen LogP contribution in [0.4, 0.5) is 0 Å². The van der Waals surface area contributed by atoms with Crippen molar-refractivity contribution in [2.75, 3.05) is 46.4 Å². The Morgan fingerprint density at radius 3 is 2.34 bits per heavy atom. The van der Waals surface area contributed by atoms with Gasteiger partial charge in [-0.1, -0.05) is 44.2 Å². The summed E-state index contributed by atoms with van der Waals surface area (Å²) in [6.45, 7) is 19.4. The molecule has 10 nitrogen and oxygen atoms in total. The first kappa shape index (κ1) is 37.7. The molecule has 4 N–H and O–H groups in total. The molecule has 1 aliphatic carbocycles. The number of hydrogen-bond donors (Lipinski definition) is 4. The van der Waals surface area contributed by atoms with Crippen LogP contribution in [0.2, 0.25) is 0 Å². The van der Waals surface area contributed by atoms with Gasteiger partial charge in [0.1, 0.15) is 5.76 Å². The Morgan fingerprint density at radius 2 is 1.79 bits per heavy atom. The van der Waals surface area contributed by atoms with E-state index >= 15 is 0 Å². The van der Waals surface area contributed by atoms with Crippen LogP contribution in [0.1, 0.15) is 81.3 Å². The first-order chi connectivity index (χ1) is 22.5. The summed E-state index contributed by atoms with van der Waals surface area (Å²) in [5, 5.41) is 24.6. The van der Waals surface area contributed by atoms with Crippen molar-refractivity contribution in [3.05, 3.63) is 82.0 Å². The van der Waals surface area contributed by atoms with Crippen LogP contribution in [-0.2, 0) is 16.1 Å². The minimum Gasteiger partial charge on any atom is -0.506 e. The molecule has 0 spiro atoms. The molecule has 258 valence electrons. The smallest absolute Gasteiger partial charge is 0.251 e. The number of hydrogen-bond acceptors (Lipinski definition) is 9. The third-order valence-corrected chi connectivity index (χ3v) is 9.26. The molecule has 1 amide bonds. The number of rotatable bonds is 11. The molecule has 2 fully saturated rings. The number of aliphatic hydroxyl groups excluding tert-OH is 2. The zero-order chi connectivity index (χ0) is 34.7. The van der Waals surface area contributed by atoms with Crippen molar-refractivity contribution in [3.8, 4) is 0 Å². The van der Waals surface area contributed by atoms with E-state index in [4.69, 9.17) is 5.11 Å². The van der Waals surface area contributed by atoms with Gasteiger partial charge in [-0.15, -0.1) is 0 Å². The Bertz CT molecular complexity index is 1390. The normalized spacial score (nSPS) is 20.3. The molecule has 1 aromatic carbocycles. The zero-order valence-corrected chi connectivity index (χ0v) is 29.2. The van der Waals surface area contributed by atoms with Gasteiger partial charge in [0, 0.05) is 75.7 Å². The Balaban J connectivity index is 0.00000142. The molecule has 2 saturated heterocycles. The number of nitrogens with one attached hydrogen (secondary N) is 2. The van der Waals surface area contributed by atoms with Crippen molar-refractivity contribution in [1.82, 2.24) is 25.3 Å². The summed E-state index contributed by atoms with van der Waals surface area (Å²) in [4.78, 5) is 43.7. The summed E-state index contributed by atoms with van der Waals surface area (Å²) in [5.74, 6) is -0.922. The lowest BCUT2D eigenvalue weighted by atomic mass is 9.97. The fraction of sp³-hybridized carbons (Fsp3) is 0.541. The average molecular weight is 650 g/mol. The molecular formula is C37H55N5O5. The lowest BCUT2D eigenvalue weighted by Crippen LogP contribution is -2.57. The summed E-state index contributed by atoms with van der Waals surface area (Å²) < 4.78 is 0. The van der Waals surface area contributed by atoms with E-state index in [2.05, 4.69) is 51.0 Å². The minimum atomic E-state index is -0.514. The summed E-state index contributed by atoms with van der Waals surface area (Å²) >= 11 is 0. The number of piperazine rings is 1. The highest BCUT2D eigenvalue weighted by atomic mass is 16.3. The van der Waals surface area contributed by atoms with Crippen LogP contribution in [0, 0.1) is 6.92 Å². The van der Waals surface area contributed by atoms with E-state index in [1.807, 2.05) is 26.8 Å². The van der Waals surface area contributed by atoms with Crippen LogP contribution in [0.25, 0.3) is 0 Å². The molecule has 3 aliphatic rings. The molecule has 0 saturated carbocycles. The number of amides is 1. The van der Waals surface area contributed by atoms with Gasteiger partial charge in [0.2, 0.25) is 11.6 Å². The molecule has 47 heavy (non-hydrogen) atoms. The molecule has 0 bridgehead atoms. The number of nitrogens with zero attached hydrogens (tertiary/aromatic N) is 3. The predicted molar refractivity (Wildman–Crippen MR) is 187 cm³/mol. The standard InChI is InChI=1S/C34H47N5O4.C3H8O/c1-7-26(36-32-23(4)18-31(41)33(32)42)19-30(40)24(5)38-15-16-39(27(8-2)21-38)28-11-13-37(14-12-28)20-25-10-9-22(3)17-29(25)34(43)35-6;1-2-3-4/h7,9-10,17,19,27-28,36,40H,5,8,11-16,18,20-21H2,1-4,6H3,(H,35,43);4H,2-3H2,1H3/b26-7+,30-19+;. The van der Waals surface area contributed by atoms with Gasteiger partial charge in [-0.3, -0.25) is 24.2 Å². The molecule has 2 heterocycles. The second-order valence-corrected chi connectivity index (χ2v) is 12.6. The third kappa shape index (κ3) is 9.89. The number of aryl methyl sites for hydroxylation is 1. The molecule has 0 radical (unpaired) electrons. The van der Waals surface area contributed by atoms with Gasteiger partial charge >= 0.3 is 0 Å². The van der Waals surface area contributed by atoms with Crippen LogP contribution in [0.15, 0.2) is 65.4 Å². The maximum atomic E-state index is 12.4. The van der Waals surface area contributed by atoms with Gasteiger partial charge in [0.05, 0.1) is 11.4 Å². The summed E-state index contributed by atoms with van der Waals surface area (Å²) in [5.41, 5.74) is 5.02. The predicted octanol–water partition coefficient (Wildman–Crippen LogP) is 4.37. The van der Waals surface area contributed by atoms with Gasteiger partial charge in [-0.2, -0.15) is 0 Å². The van der Waals surface area contributed by atoms with E-state index in [1.54, 1.807) is 26.1 Å². The maximum absolute atomic E-state index is 12.4. The van der Waals surface area contributed by atoms with Gasteiger partial charge in [0.15, 0.2) is 0 Å². The number of aliphatic hydroxyl groups is 2. The number of benzene rings is 1. The summed E-state index contributed by atoms with van der Waals surface area (Å²) in [7, 11) is 1.68. The highest BCUT2D eigenvalue weighted by molar-refractivity contribution is 6.46. The van der Waals surface area contributed by atoms with Crippen LogP contribution in [-0.4, -0.2) is 101 Å². The van der Waals surface area contributed by atoms with Gasteiger partial charge in [-0.05, 0) is 76.7 Å². The number of piperidine rings is 1. The van der Waals surface area contributed by atoms with Crippen molar-refractivity contribution in [1.29, 1.82) is 0 Å². The monoisotopic (exact) mass is 649 g/mol. The summed E-state index contributed by atoms with van der Waals surface area (Å²) in [6, 6.07) is 6.98. The van der Waals surface area contributed by atoms with Crippen molar-refractivity contribution in [3.63, 3.8) is 0 Å². The lowest BCUT2D eigenvalue weighted by Gasteiger charge is -2.48. The number of allylic oxidation sites excluding steroid dienone is 4. The van der Waals surface area contributed by atoms with E-state index in [9.17, 15) is 19.5 Å². The fourth-order valence-electron chi connectivity index (χ4n) is 6.42. The maximum Gasteiger partial charge on any atom is 0.251 e. The second-order valence-electron chi connectivity index (χ2n) is 12.6. The van der Waals surface area contributed by atoms with E-state index in [0.717, 1.165) is 81.6 Å². The van der Waals surface area contributed by atoms with Crippen molar-refractivity contribution < 1.29 is 24.6 Å². The molecular weight excluding hydrogens is 594 g/mol. The zero-order valence-electron chi connectivity index (χ0n) is 29.2. The molecule has 1 atom stereocenters. The number of carbonyl (C=O) groups excluding carboxylic acids is 3. The van der Waals surface area contributed by atoms with Crippen molar-refractivity contribution in [2.45, 2.75) is 85.4 Å². The molecule has 0 aromatic heterocycles. The molecule has 1 aromatic rings. The molecule has 4 rings (SSSR count). The molecule has 10 heteroatoms. The van der Waals surface area contributed by atoms with Crippen molar-refractivity contribution in [2.24, 2.45) is 0 Å². The Kier molecular flexibility index (Phi) is 14.4. The molecule has 1 unspecified atom stereocenters. The quantitative estimate of drug-likeness (QED) is 0.157. The first-order valence-electron chi connectivity index (χ1n) is 16.9. The lowest BCUT2D eigenvalue weighted by molar-refractivity contribution is -0.133. The highest BCUT2D eigenvalue weighted by Crippen LogP contribution is 2.27. The third-order valence-electron chi connectivity index (χ3n) is 9.26. The second kappa shape index (κ2) is 18.0. The Labute approximate surface area is 280 Å². The highest BCUT2D eigenvalue weighted by Gasteiger charge is 2.34. The van der Waals surface area contributed by atoms with E-state index in [1.165, 1.54) is 0 Å². The number of ketones is 2. The average Bonchev–Trinajstić information content (AvgIpc) is 3.33. The minimum absolute atomic E-state index is 0.0363. The van der Waals surface area contributed by atoms with Gasteiger partial charge in [0.25, 0.3) is 5.91 Å². The van der Waals surface area contributed by atoms with E-state index < -0.39 is 11.6 Å². The Hall–Kier alpha value is -3.73. The number of likely N-dealkylation sites (tertiary alicyclic amines) is 1. The summed E-state index contributed by atoms with van der Waals surface area (Å²) in [6.07, 6.45) is 7.50. The fourth-order valence-corrected chi connectivity index (χ4v) is 6.42. The van der Waals surface area contributed by atoms with Gasteiger partial charge in [-0.25, -0.2) is 0 Å². The van der Waals surface area contributed by atoms with Crippen LogP contribution < -0.4 is 10.6 Å². The first-order valence-corrected chi connectivity index (χ1v) is 16.9. The van der Waals surface area contributed by atoms with Crippen molar-refractivity contribution >= 4 is 17.5 Å². The topological polar surface area (TPSA) is 125 Å². The van der Waals surface area contributed by atoms with E-state index in [0.29, 0.717) is 41.4 Å². The van der Waals surface area contributed by atoms with Crippen LogP contribution in [0.5, 0.6) is 0 Å². The van der Waals surface area contributed by atoms with Gasteiger partial charge < -0.3 is 25.7 Å². The number of carbonyl (C=O) groups is 3. The van der Waals surface area contributed by atoms with Crippen LogP contribution >= 0.6 is 0 Å². The Morgan fingerprint density at radius 1 is 1.11 bits per heavy atom. The number of Topliss-reactive ketones (excluding diaryl/α,β-unsaturated/α-hetero) is 2. The largest absolute Gasteiger partial charge is 0.506 e.